The first-order chi connectivity index (χ1) is 12.7. The van der Waals surface area contributed by atoms with Crippen LogP contribution in [0.4, 0.5) is 0 Å². The molecule has 0 spiro atoms. The first-order valence-corrected chi connectivity index (χ1v) is 9.23. The van der Waals surface area contributed by atoms with Gasteiger partial charge in [-0.2, -0.15) is 0 Å². The molecule has 4 atom stereocenters. The summed E-state index contributed by atoms with van der Waals surface area (Å²) in [6.07, 6.45) is 18.6. The van der Waals surface area contributed by atoms with Crippen molar-refractivity contribution < 1.29 is 10.8 Å². The van der Waals surface area contributed by atoms with Gasteiger partial charge in [-0.15, -0.1) is 0 Å². The van der Waals surface area contributed by atoms with Crippen LogP contribution in [0, 0.1) is 23.7 Å². The van der Waals surface area contributed by atoms with Crippen LogP contribution in [0.3, 0.4) is 0 Å². The van der Waals surface area contributed by atoms with E-state index >= 15 is 0 Å². The Balaban J connectivity index is 1.72. The van der Waals surface area contributed by atoms with Crippen LogP contribution < -0.4 is 10.8 Å². The summed E-state index contributed by atoms with van der Waals surface area (Å²) >= 11 is 0. The van der Waals surface area contributed by atoms with E-state index in [2.05, 4.69) is 46.4 Å². The lowest BCUT2D eigenvalue weighted by Gasteiger charge is -2.23. The molecule has 4 rings (SSSR count). The molecule has 4 nitrogen and oxygen atoms in total. The fourth-order valence-corrected chi connectivity index (χ4v) is 4.95. The lowest BCUT2D eigenvalue weighted by Crippen LogP contribution is -2.49. The highest BCUT2D eigenvalue weighted by atomic mass is 14.7. The zero-order valence-corrected chi connectivity index (χ0v) is 15.4. The van der Waals surface area contributed by atoms with E-state index in [1.165, 1.54) is 11.1 Å². The van der Waals surface area contributed by atoms with Crippen molar-refractivity contribution >= 4 is 22.8 Å². The minimum atomic E-state index is 0.207. The average molecular weight is 346 g/mol. The highest BCUT2D eigenvalue weighted by molar-refractivity contribution is 6.09. The molecule has 0 aromatic heterocycles. The van der Waals surface area contributed by atoms with Gasteiger partial charge in [0.2, 0.25) is 0 Å². The molecule has 0 bridgehead atoms. The van der Waals surface area contributed by atoms with Gasteiger partial charge in [0.1, 0.15) is 0 Å². The third kappa shape index (κ3) is 2.52. The summed E-state index contributed by atoms with van der Waals surface area (Å²) in [4.78, 5) is 8.97. The van der Waals surface area contributed by atoms with Crippen LogP contribution in [0.2, 0.25) is 0 Å². The van der Waals surface area contributed by atoms with Gasteiger partial charge in [-0.05, 0) is 23.3 Å². The van der Waals surface area contributed by atoms with Crippen LogP contribution in [0.5, 0.6) is 0 Å². The number of hydrogen-bond acceptors (Lipinski definition) is 2. The van der Waals surface area contributed by atoms with Crippen molar-refractivity contribution in [1.29, 1.82) is 0 Å². The molecule has 0 aromatic rings. The summed E-state index contributed by atoms with van der Waals surface area (Å²) in [6, 6.07) is 0. The van der Waals surface area contributed by atoms with Gasteiger partial charge in [0.05, 0.1) is 24.7 Å². The smallest absolute Gasteiger partial charge is 0.161 e. The van der Waals surface area contributed by atoms with Crippen molar-refractivity contribution in [1.82, 2.24) is 0 Å². The number of rotatable bonds is 2. The van der Waals surface area contributed by atoms with E-state index in [0.29, 0.717) is 0 Å². The van der Waals surface area contributed by atoms with E-state index < -0.39 is 0 Å². The van der Waals surface area contributed by atoms with Gasteiger partial charge in [0.25, 0.3) is 0 Å². The Morgan fingerprint density at radius 1 is 0.731 bits per heavy atom. The van der Waals surface area contributed by atoms with E-state index in [-0.39, 0.29) is 23.7 Å². The number of aliphatic imine (C=N–C) groups is 2. The van der Waals surface area contributed by atoms with Crippen molar-refractivity contribution in [3.05, 3.63) is 59.8 Å². The molecule has 0 saturated heterocycles. The summed E-state index contributed by atoms with van der Waals surface area (Å²) < 4.78 is 0. The molecule has 4 aliphatic carbocycles. The molecule has 0 aliphatic heterocycles. The summed E-state index contributed by atoms with van der Waals surface area (Å²) in [7, 11) is 3.71. The molecule has 4 N–H and O–H groups in total. The van der Waals surface area contributed by atoms with Crippen LogP contribution in [-0.4, -0.2) is 36.9 Å². The van der Waals surface area contributed by atoms with Gasteiger partial charge in [-0.1, -0.05) is 36.5 Å². The molecule has 26 heavy (non-hydrogen) atoms. The number of allylic oxidation sites excluding steroid dienone is 10. The van der Waals surface area contributed by atoms with Gasteiger partial charge in [0, 0.05) is 37.4 Å². The molecule has 4 aliphatic rings. The Labute approximate surface area is 154 Å². The molecule has 0 fully saturated rings. The molecule has 0 radical (unpaired) electrons. The predicted molar refractivity (Wildman–Crippen MR) is 107 cm³/mol. The molecular weight excluding hydrogens is 320 g/mol. The van der Waals surface area contributed by atoms with Crippen molar-refractivity contribution in [3.63, 3.8) is 0 Å². The van der Waals surface area contributed by atoms with Crippen LogP contribution >= 0.6 is 0 Å². The molecule has 132 valence electrons. The third-order valence-electron chi connectivity index (χ3n) is 6.06. The Bertz CT molecular complexity index is 804. The first-order valence-electron chi connectivity index (χ1n) is 9.23. The maximum absolute atomic E-state index is 6.57. The van der Waals surface area contributed by atoms with Crippen molar-refractivity contribution in [3.8, 4) is 0 Å². The molecule has 0 saturated carbocycles. The molecule has 0 aromatic carbocycles. The van der Waals surface area contributed by atoms with Crippen LogP contribution in [0.15, 0.2) is 69.7 Å². The van der Waals surface area contributed by atoms with Crippen LogP contribution in [0.25, 0.3) is 0 Å². The molecule has 0 amide bonds. The number of hydrogen-bond donors (Lipinski definition) is 2. The number of nitrogens with two attached hydrogens (primary N) is 2. The zero-order valence-electron chi connectivity index (χ0n) is 15.4. The third-order valence-corrected chi connectivity index (χ3v) is 6.06. The van der Waals surface area contributed by atoms with Crippen molar-refractivity contribution in [2.45, 2.75) is 12.8 Å². The Morgan fingerprint density at radius 2 is 1.15 bits per heavy atom. The van der Waals surface area contributed by atoms with Crippen LogP contribution in [0.1, 0.15) is 12.8 Å². The summed E-state index contributed by atoms with van der Waals surface area (Å²) in [5, 5.41) is 13.1. The van der Waals surface area contributed by atoms with Gasteiger partial charge in [0.15, 0.2) is 11.4 Å². The molecule has 4 unspecified atom stereocenters. The zero-order chi connectivity index (χ0) is 18.3. The fourth-order valence-electron chi connectivity index (χ4n) is 4.95. The predicted octanol–water partition coefficient (Wildman–Crippen LogP) is 0.349. The largest absolute Gasteiger partial charge is 0.292 e. The quantitative estimate of drug-likeness (QED) is 0.677. The van der Waals surface area contributed by atoms with E-state index in [4.69, 9.17) is 10.8 Å². The highest BCUT2D eigenvalue weighted by Gasteiger charge is 2.50. The molecule has 0 heterocycles. The van der Waals surface area contributed by atoms with Gasteiger partial charge < -0.3 is 0 Å². The lowest BCUT2D eigenvalue weighted by atomic mass is 9.78. The van der Waals surface area contributed by atoms with E-state index in [0.717, 1.165) is 35.7 Å². The standard InChI is InChI=1S/C22H24N4/c1-25-19-9-5-3-7-13(19)21-15-11-18(24)22(16(15)12-17(21)23)14-8-4-6-10-20(14)26-2/h3-10,13-14,21-24H,11-12H2,1-2H3/p+2. The monoisotopic (exact) mass is 346 g/mol. The number of nitrogens with zero attached hydrogens (tertiary/aromatic N) is 2. The van der Waals surface area contributed by atoms with E-state index in [9.17, 15) is 0 Å². The van der Waals surface area contributed by atoms with Crippen LogP contribution in [-0.2, 0) is 0 Å². The minimum Gasteiger partial charge on any atom is -0.292 e. The molecular formula is C22H26N4+2. The minimum absolute atomic E-state index is 0.207. The summed E-state index contributed by atoms with van der Waals surface area (Å²) in [5.74, 6) is 0.840. The van der Waals surface area contributed by atoms with Gasteiger partial charge in [-0.25, -0.2) is 0 Å². The topological polar surface area (TPSA) is 75.9 Å². The lowest BCUT2D eigenvalue weighted by molar-refractivity contribution is -0.122. The van der Waals surface area contributed by atoms with Crippen molar-refractivity contribution in [2.24, 2.45) is 33.7 Å². The normalized spacial score (nSPS) is 36.1. The van der Waals surface area contributed by atoms with Gasteiger partial charge >= 0.3 is 0 Å². The Kier molecular flexibility index (Phi) is 4.27. The maximum Gasteiger partial charge on any atom is 0.161 e. The second-order valence-corrected chi connectivity index (χ2v) is 7.35. The summed E-state index contributed by atoms with van der Waals surface area (Å²) in [5.41, 5.74) is 7.09. The Hall–Kier alpha value is -2.62. The van der Waals surface area contributed by atoms with Crippen molar-refractivity contribution in [2.75, 3.05) is 14.1 Å². The van der Waals surface area contributed by atoms with E-state index in [1.807, 2.05) is 26.2 Å². The highest BCUT2D eigenvalue weighted by Crippen LogP contribution is 2.48. The molecule has 4 heteroatoms. The summed E-state index contributed by atoms with van der Waals surface area (Å²) in [6.45, 7) is 0. The second kappa shape index (κ2) is 6.60. The Morgan fingerprint density at radius 3 is 1.54 bits per heavy atom. The second-order valence-electron chi connectivity index (χ2n) is 7.35. The van der Waals surface area contributed by atoms with Gasteiger partial charge in [-0.3, -0.25) is 20.8 Å². The maximum atomic E-state index is 6.57. The van der Waals surface area contributed by atoms with E-state index in [1.54, 1.807) is 0 Å². The SMILES string of the molecule is CN=C1C=CC=CC1C1C(=[NH2+])CC2=C1CC(=[NH2+])C2C1C=CC=CC1=NC. The fraction of sp³-hybridized carbons (Fsp3) is 0.364. The first kappa shape index (κ1) is 16.8. The average Bonchev–Trinajstić information content (AvgIpc) is 3.14.